The standard InChI is InChI=1S/C32H20.C24H20/c1-2-7-21(8-3-1)29-12-6-11-24-17-25-13-14-26-18-27-15-22-9-4-5-10-23(22)16-28(27)19-30(26)32(25)20-31(24)29;1-24(2,3)20-14-13-16-9-5-11-18-17-10-4-7-15-8-6-12-19(21(15)17)23(20)22(16)18/h1-20H;4-14H,1-3H3. The third kappa shape index (κ3) is 5.14. The van der Waals surface area contributed by atoms with Crippen molar-refractivity contribution >= 4 is 97.0 Å². The SMILES string of the molecule is CC(C)(C)c1ccc2cccc3c4cccc5cccc(c1c23)c54.c1ccc(-c2cccc3cc4ccc5cc6cc7ccccc7cc6cc5c4cc23)cc1. The van der Waals surface area contributed by atoms with Crippen LogP contribution in [-0.2, 0) is 5.41 Å². The third-order valence-electron chi connectivity index (χ3n) is 12.1. The van der Waals surface area contributed by atoms with Crippen LogP contribution < -0.4 is 0 Å². The number of rotatable bonds is 1. The van der Waals surface area contributed by atoms with E-state index in [0.717, 1.165) is 0 Å². The summed E-state index contributed by atoms with van der Waals surface area (Å²) in [7, 11) is 0. The summed E-state index contributed by atoms with van der Waals surface area (Å²) in [5.74, 6) is 0. The van der Waals surface area contributed by atoms with Gasteiger partial charge in [0.05, 0.1) is 0 Å². The molecule has 0 aromatic heterocycles. The minimum absolute atomic E-state index is 0.116. The highest BCUT2D eigenvalue weighted by Crippen LogP contribution is 2.44. The van der Waals surface area contributed by atoms with Crippen molar-refractivity contribution < 1.29 is 0 Å². The van der Waals surface area contributed by atoms with Crippen LogP contribution in [0, 0.1) is 0 Å². The van der Waals surface area contributed by atoms with Gasteiger partial charge in [-0.15, -0.1) is 0 Å². The van der Waals surface area contributed by atoms with Crippen LogP contribution in [0.2, 0.25) is 0 Å². The van der Waals surface area contributed by atoms with Crippen LogP contribution in [0.3, 0.4) is 0 Å². The fraction of sp³-hybridized carbons (Fsp3) is 0.0714. The van der Waals surface area contributed by atoms with E-state index in [2.05, 4.69) is 209 Å². The van der Waals surface area contributed by atoms with Crippen LogP contribution in [0.25, 0.3) is 108 Å². The van der Waals surface area contributed by atoms with Crippen LogP contribution >= 0.6 is 0 Å². The molecular formula is C56H40. The molecule has 0 unspecified atom stereocenters. The molecule has 0 N–H and O–H groups in total. The maximum atomic E-state index is 2.39. The average molecular weight is 713 g/mol. The summed E-state index contributed by atoms with van der Waals surface area (Å²) in [6.07, 6.45) is 0. The molecule has 0 heteroatoms. The van der Waals surface area contributed by atoms with Crippen LogP contribution in [0.4, 0.5) is 0 Å². The molecule has 0 aliphatic rings. The van der Waals surface area contributed by atoms with Crippen molar-refractivity contribution in [3.63, 3.8) is 0 Å². The molecule has 0 atom stereocenters. The molecule has 0 heterocycles. The maximum Gasteiger partial charge on any atom is -0.00234 e. The Hall–Kier alpha value is -6.76. The minimum Gasteiger partial charge on any atom is -0.0622 e. The lowest BCUT2D eigenvalue weighted by Gasteiger charge is -2.24. The zero-order valence-electron chi connectivity index (χ0n) is 31.9. The molecule has 0 fully saturated rings. The quantitative estimate of drug-likeness (QED) is 0.117. The summed E-state index contributed by atoms with van der Waals surface area (Å²) in [6.45, 7) is 6.94. The Kier molecular flexibility index (Phi) is 7.22. The van der Waals surface area contributed by atoms with Gasteiger partial charge in [-0.1, -0.05) is 172 Å². The predicted octanol–water partition coefficient (Wildman–Crippen LogP) is 16.2. The van der Waals surface area contributed by atoms with Crippen LogP contribution in [0.15, 0.2) is 188 Å². The largest absolute Gasteiger partial charge is 0.0622 e. The number of benzene rings is 12. The zero-order chi connectivity index (χ0) is 37.5. The van der Waals surface area contributed by atoms with E-state index < -0.39 is 0 Å². The van der Waals surface area contributed by atoms with E-state index >= 15 is 0 Å². The fourth-order valence-electron chi connectivity index (χ4n) is 9.43. The van der Waals surface area contributed by atoms with Gasteiger partial charge >= 0.3 is 0 Å². The summed E-state index contributed by atoms with van der Waals surface area (Å²) in [5.41, 5.74) is 4.10. The molecule has 0 aliphatic carbocycles. The van der Waals surface area contributed by atoms with Crippen LogP contribution in [-0.4, -0.2) is 0 Å². The molecule has 264 valence electrons. The normalized spacial score (nSPS) is 12.2. The van der Waals surface area contributed by atoms with E-state index in [4.69, 9.17) is 0 Å². The predicted molar refractivity (Wildman–Crippen MR) is 246 cm³/mol. The molecule has 0 amide bonds. The van der Waals surface area contributed by atoms with Crippen molar-refractivity contribution in [2.75, 3.05) is 0 Å². The Labute approximate surface area is 326 Å². The van der Waals surface area contributed by atoms with Gasteiger partial charge in [0, 0.05) is 0 Å². The molecule has 0 spiro atoms. The van der Waals surface area contributed by atoms with Gasteiger partial charge in [0.25, 0.3) is 0 Å². The second kappa shape index (κ2) is 12.4. The first-order chi connectivity index (χ1) is 27.4. The van der Waals surface area contributed by atoms with E-state index in [-0.39, 0.29) is 5.41 Å². The van der Waals surface area contributed by atoms with E-state index in [1.54, 1.807) is 0 Å². The first-order valence-corrected chi connectivity index (χ1v) is 19.7. The summed E-state index contributed by atoms with van der Waals surface area (Å²) in [5, 5.41) is 24.0. The molecule has 0 saturated carbocycles. The maximum absolute atomic E-state index is 2.39. The molecule has 56 heavy (non-hydrogen) atoms. The average Bonchev–Trinajstić information content (AvgIpc) is 3.23. The highest BCUT2D eigenvalue weighted by Gasteiger charge is 2.21. The summed E-state index contributed by atoms with van der Waals surface area (Å²) < 4.78 is 0. The van der Waals surface area contributed by atoms with Crippen molar-refractivity contribution in [2.45, 2.75) is 26.2 Å². The molecule has 0 radical (unpaired) electrons. The Morgan fingerprint density at radius 1 is 0.268 bits per heavy atom. The van der Waals surface area contributed by atoms with Crippen molar-refractivity contribution in [3.8, 4) is 11.1 Å². The zero-order valence-corrected chi connectivity index (χ0v) is 31.9. The van der Waals surface area contributed by atoms with Gasteiger partial charge in [-0.05, 0) is 155 Å². The second-order valence-electron chi connectivity index (χ2n) is 16.5. The molecule has 0 aliphatic heterocycles. The number of hydrogen-bond donors (Lipinski definition) is 0. The minimum atomic E-state index is 0.116. The third-order valence-corrected chi connectivity index (χ3v) is 12.1. The molecule has 0 saturated heterocycles. The van der Waals surface area contributed by atoms with Crippen molar-refractivity contribution in [1.29, 1.82) is 0 Å². The van der Waals surface area contributed by atoms with Gasteiger partial charge in [0.1, 0.15) is 0 Å². The Morgan fingerprint density at radius 2 is 0.750 bits per heavy atom. The number of hydrogen-bond acceptors (Lipinski definition) is 0. The molecule has 12 aromatic carbocycles. The molecule has 0 bridgehead atoms. The van der Waals surface area contributed by atoms with Gasteiger partial charge in [0.15, 0.2) is 0 Å². The first kappa shape index (κ1) is 32.7. The Morgan fingerprint density at radius 3 is 1.45 bits per heavy atom. The van der Waals surface area contributed by atoms with Crippen LogP contribution in [0.1, 0.15) is 26.3 Å². The van der Waals surface area contributed by atoms with Crippen molar-refractivity contribution in [3.05, 3.63) is 194 Å². The van der Waals surface area contributed by atoms with Gasteiger partial charge in [-0.25, -0.2) is 0 Å². The topological polar surface area (TPSA) is 0 Å². The van der Waals surface area contributed by atoms with Crippen molar-refractivity contribution in [2.24, 2.45) is 0 Å². The van der Waals surface area contributed by atoms with Gasteiger partial charge < -0.3 is 0 Å². The number of fused-ring (bicyclic) bond motifs is 8. The molecular weight excluding hydrogens is 673 g/mol. The fourth-order valence-corrected chi connectivity index (χ4v) is 9.43. The second-order valence-corrected chi connectivity index (χ2v) is 16.5. The lowest BCUT2D eigenvalue weighted by molar-refractivity contribution is 0.596. The monoisotopic (exact) mass is 712 g/mol. The molecule has 12 aromatic rings. The highest BCUT2D eigenvalue weighted by molar-refractivity contribution is 6.33. The lowest BCUT2D eigenvalue weighted by Crippen LogP contribution is -2.12. The summed E-state index contributed by atoms with van der Waals surface area (Å²) in [6, 6.07) is 69.2. The van der Waals surface area contributed by atoms with Gasteiger partial charge in [-0.3, -0.25) is 0 Å². The molecule has 0 nitrogen and oxygen atoms in total. The first-order valence-electron chi connectivity index (χ1n) is 19.7. The van der Waals surface area contributed by atoms with E-state index in [1.807, 2.05) is 0 Å². The summed E-state index contributed by atoms with van der Waals surface area (Å²) in [4.78, 5) is 0. The van der Waals surface area contributed by atoms with Gasteiger partial charge in [-0.2, -0.15) is 0 Å². The van der Waals surface area contributed by atoms with Crippen molar-refractivity contribution in [1.82, 2.24) is 0 Å². The lowest BCUT2D eigenvalue weighted by atomic mass is 9.79. The van der Waals surface area contributed by atoms with Crippen LogP contribution in [0.5, 0.6) is 0 Å². The Bertz CT molecular complexity index is 3480. The summed E-state index contributed by atoms with van der Waals surface area (Å²) >= 11 is 0. The van der Waals surface area contributed by atoms with E-state index in [1.165, 1.54) is 114 Å². The highest BCUT2D eigenvalue weighted by atomic mass is 14.2. The van der Waals surface area contributed by atoms with Gasteiger partial charge in [0.2, 0.25) is 0 Å². The Balaban J connectivity index is 0.000000135. The van der Waals surface area contributed by atoms with E-state index in [9.17, 15) is 0 Å². The van der Waals surface area contributed by atoms with E-state index in [0.29, 0.717) is 0 Å². The smallest absolute Gasteiger partial charge is 0.00234 e. The molecule has 12 rings (SSSR count).